The minimum atomic E-state index is 0.0655. The molecule has 4 heteroatoms. The Morgan fingerprint density at radius 3 is 2.81 bits per heavy atom. The van der Waals surface area contributed by atoms with Crippen LogP contribution in [0.2, 0.25) is 0 Å². The van der Waals surface area contributed by atoms with Crippen LogP contribution in [-0.2, 0) is 6.61 Å². The summed E-state index contributed by atoms with van der Waals surface area (Å²) in [6.45, 7) is 4.41. The van der Waals surface area contributed by atoms with Crippen LogP contribution in [0.4, 0.5) is 5.82 Å². The lowest BCUT2D eigenvalue weighted by molar-refractivity contribution is 0.281. The molecule has 0 saturated carbocycles. The van der Waals surface area contributed by atoms with Crippen molar-refractivity contribution in [2.45, 2.75) is 13.0 Å². The summed E-state index contributed by atoms with van der Waals surface area (Å²) in [5.74, 6) is 1.02. The summed E-state index contributed by atoms with van der Waals surface area (Å²) in [6, 6.07) is 3.94. The Balaban J connectivity index is 2.04. The van der Waals surface area contributed by atoms with E-state index in [4.69, 9.17) is 5.11 Å². The Labute approximate surface area is 96.5 Å². The first-order valence-corrected chi connectivity index (χ1v) is 5.79. The van der Waals surface area contributed by atoms with Gasteiger partial charge in [0.25, 0.3) is 0 Å². The topological polar surface area (TPSA) is 39.6 Å². The van der Waals surface area contributed by atoms with Crippen molar-refractivity contribution in [1.29, 1.82) is 0 Å². The summed E-state index contributed by atoms with van der Waals surface area (Å²) >= 11 is 0. The third-order valence-corrected chi connectivity index (χ3v) is 3.04. The maximum Gasteiger partial charge on any atom is 0.128 e. The van der Waals surface area contributed by atoms with E-state index in [1.807, 2.05) is 12.1 Å². The molecule has 88 valence electrons. The normalized spacial score (nSPS) is 18.5. The van der Waals surface area contributed by atoms with Crippen molar-refractivity contribution in [2.75, 3.05) is 38.1 Å². The zero-order valence-corrected chi connectivity index (χ0v) is 9.76. The van der Waals surface area contributed by atoms with E-state index in [2.05, 4.69) is 21.8 Å². The highest BCUT2D eigenvalue weighted by atomic mass is 16.3. The number of anilines is 1. The molecule has 1 aromatic heterocycles. The maximum atomic E-state index is 8.96. The standard InChI is InChI=1S/C12H19N3O/c1-14-5-2-6-15(8-7-14)12-4-3-11(10-16)9-13-12/h3-4,9,16H,2,5-8,10H2,1H3. The summed E-state index contributed by atoms with van der Waals surface area (Å²) in [5, 5.41) is 8.96. The molecule has 1 aliphatic rings. The van der Waals surface area contributed by atoms with Gasteiger partial charge < -0.3 is 14.9 Å². The molecule has 0 aliphatic carbocycles. The Kier molecular flexibility index (Phi) is 3.74. The van der Waals surface area contributed by atoms with Crippen LogP contribution < -0.4 is 4.90 Å². The van der Waals surface area contributed by atoms with E-state index < -0.39 is 0 Å². The molecule has 4 nitrogen and oxygen atoms in total. The number of nitrogens with zero attached hydrogens (tertiary/aromatic N) is 3. The second kappa shape index (κ2) is 5.27. The zero-order chi connectivity index (χ0) is 11.4. The molecule has 2 heterocycles. The van der Waals surface area contributed by atoms with Gasteiger partial charge in [0.2, 0.25) is 0 Å². The van der Waals surface area contributed by atoms with E-state index in [0.717, 1.165) is 37.6 Å². The molecule has 1 aromatic rings. The van der Waals surface area contributed by atoms with Gasteiger partial charge in [-0.25, -0.2) is 4.98 Å². The minimum absolute atomic E-state index is 0.0655. The minimum Gasteiger partial charge on any atom is -0.392 e. The van der Waals surface area contributed by atoms with E-state index >= 15 is 0 Å². The third-order valence-electron chi connectivity index (χ3n) is 3.04. The molecule has 16 heavy (non-hydrogen) atoms. The molecule has 0 radical (unpaired) electrons. The van der Waals surface area contributed by atoms with E-state index in [-0.39, 0.29) is 6.61 Å². The molecular weight excluding hydrogens is 202 g/mol. The number of rotatable bonds is 2. The summed E-state index contributed by atoms with van der Waals surface area (Å²) in [5.41, 5.74) is 0.871. The second-order valence-electron chi connectivity index (χ2n) is 4.33. The fourth-order valence-corrected chi connectivity index (χ4v) is 1.97. The number of pyridine rings is 1. The van der Waals surface area contributed by atoms with Crippen molar-refractivity contribution in [1.82, 2.24) is 9.88 Å². The fraction of sp³-hybridized carbons (Fsp3) is 0.583. The number of aliphatic hydroxyl groups is 1. The Bertz CT molecular complexity index is 326. The highest BCUT2D eigenvalue weighted by Gasteiger charge is 2.13. The van der Waals surface area contributed by atoms with Crippen molar-refractivity contribution in [3.63, 3.8) is 0 Å². The van der Waals surface area contributed by atoms with Crippen LogP contribution in [0.1, 0.15) is 12.0 Å². The lowest BCUT2D eigenvalue weighted by Gasteiger charge is -2.21. The molecule has 0 spiro atoms. The van der Waals surface area contributed by atoms with Gasteiger partial charge in [-0.05, 0) is 31.6 Å². The molecule has 0 atom stereocenters. The van der Waals surface area contributed by atoms with Gasteiger partial charge >= 0.3 is 0 Å². The van der Waals surface area contributed by atoms with Crippen molar-refractivity contribution < 1.29 is 5.11 Å². The monoisotopic (exact) mass is 221 g/mol. The Morgan fingerprint density at radius 1 is 1.25 bits per heavy atom. The average Bonchev–Trinajstić information content (AvgIpc) is 2.54. The Hall–Kier alpha value is -1.13. The van der Waals surface area contributed by atoms with E-state index in [1.165, 1.54) is 6.42 Å². The highest BCUT2D eigenvalue weighted by Crippen LogP contribution is 2.13. The summed E-state index contributed by atoms with van der Waals surface area (Å²) in [6.07, 6.45) is 2.93. The van der Waals surface area contributed by atoms with E-state index in [0.29, 0.717) is 0 Å². The molecule has 1 N–H and O–H groups in total. The third kappa shape index (κ3) is 2.71. The molecule has 0 amide bonds. The zero-order valence-electron chi connectivity index (χ0n) is 9.76. The lowest BCUT2D eigenvalue weighted by atomic mass is 10.3. The summed E-state index contributed by atoms with van der Waals surface area (Å²) < 4.78 is 0. The van der Waals surface area contributed by atoms with Crippen LogP contribution in [0.25, 0.3) is 0 Å². The van der Waals surface area contributed by atoms with Crippen molar-refractivity contribution >= 4 is 5.82 Å². The first kappa shape index (κ1) is 11.4. The van der Waals surface area contributed by atoms with Gasteiger partial charge in [-0.3, -0.25) is 0 Å². The van der Waals surface area contributed by atoms with Crippen LogP contribution in [0.5, 0.6) is 0 Å². The first-order valence-electron chi connectivity index (χ1n) is 5.79. The molecule has 0 bridgehead atoms. The van der Waals surface area contributed by atoms with Gasteiger partial charge in [0.15, 0.2) is 0 Å². The van der Waals surface area contributed by atoms with Gasteiger partial charge in [0.05, 0.1) is 6.61 Å². The van der Waals surface area contributed by atoms with Crippen LogP contribution in [0, 0.1) is 0 Å². The summed E-state index contributed by atoms with van der Waals surface area (Å²) in [7, 11) is 2.16. The fourth-order valence-electron chi connectivity index (χ4n) is 1.97. The number of aliphatic hydroxyl groups excluding tert-OH is 1. The number of hydrogen-bond donors (Lipinski definition) is 1. The van der Waals surface area contributed by atoms with Crippen molar-refractivity contribution in [3.05, 3.63) is 23.9 Å². The van der Waals surface area contributed by atoms with Gasteiger partial charge in [-0.2, -0.15) is 0 Å². The van der Waals surface area contributed by atoms with E-state index in [9.17, 15) is 0 Å². The number of hydrogen-bond acceptors (Lipinski definition) is 4. The summed E-state index contributed by atoms with van der Waals surface area (Å²) in [4.78, 5) is 9.05. The maximum absolute atomic E-state index is 8.96. The van der Waals surface area contributed by atoms with Crippen LogP contribution in [0.3, 0.4) is 0 Å². The van der Waals surface area contributed by atoms with Gasteiger partial charge in [-0.15, -0.1) is 0 Å². The van der Waals surface area contributed by atoms with E-state index in [1.54, 1.807) is 6.20 Å². The average molecular weight is 221 g/mol. The second-order valence-corrected chi connectivity index (χ2v) is 4.33. The Morgan fingerprint density at radius 2 is 2.12 bits per heavy atom. The molecule has 0 unspecified atom stereocenters. The van der Waals surface area contributed by atoms with Crippen molar-refractivity contribution in [3.8, 4) is 0 Å². The smallest absolute Gasteiger partial charge is 0.128 e. The van der Waals surface area contributed by atoms with Crippen LogP contribution in [-0.4, -0.2) is 48.2 Å². The predicted molar refractivity (Wildman–Crippen MR) is 64.5 cm³/mol. The number of likely N-dealkylation sites (N-methyl/N-ethyl adjacent to an activating group) is 1. The van der Waals surface area contributed by atoms with Crippen LogP contribution in [0.15, 0.2) is 18.3 Å². The largest absolute Gasteiger partial charge is 0.392 e. The quantitative estimate of drug-likeness (QED) is 0.798. The SMILES string of the molecule is CN1CCCN(c2ccc(CO)cn2)CC1. The molecule has 0 aromatic carbocycles. The molecule has 1 aliphatic heterocycles. The number of aromatic nitrogens is 1. The molecule has 2 rings (SSSR count). The van der Waals surface area contributed by atoms with Gasteiger partial charge in [0, 0.05) is 25.8 Å². The lowest BCUT2D eigenvalue weighted by Crippen LogP contribution is -2.29. The van der Waals surface area contributed by atoms with Crippen LogP contribution >= 0.6 is 0 Å². The van der Waals surface area contributed by atoms with Crippen molar-refractivity contribution in [2.24, 2.45) is 0 Å². The first-order chi connectivity index (χ1) is 7.79. The molecular formula is C12H19N3O. The van der Waals surface area contributed by atoms with Gasteiger partial charge in [-0.1, -0.05) is 6.07 Å². The highest BCUT2D eigenvalue weighted by molar-refractivity contribution is 5.39. The molecule has 1 fully saturated rings. The predicted octanol–water partition coefficient (Wildman–Crippen LogP) is 0.716. The molecule has 1 saturated heterocycles. The van der Waals surface area contributed by atoms with Gasteiger partial charge in [0.1, 0.15) is 5.82 Å².